The van der Waals surface area contributed by atoms with Crippen LogP contribution in [-0.4, -0.2) is 83.8 Å². The van der Waals surface area contributed by atoms with Gasteiger partial charge in [-0.15, -0.1) is 0 Å². The second-order valence-electron chi connectivity index (χ2n) is 7.48. The fourth-order valence-corrected chi connectivity index (χ4v) is 4.90. The molecule has 0 spiro atoms. The average molecular weight is 453 g/mol. The molecule has 3 atom stereocenters. The van der Waals surface area contributed by atoms with Crippen LogP contribution in [-0.2, 0) is 14.8 Å². The first-order valence-corrected chi connectivity index (χ1v) is 10.7. The molecular weight excluding hydrogens is 427 g/mol. The summed E-state index contributed by atoms with van der Waals surface area (Å²) in [4.78, 5) is 13.2. The minimum atomic E-state index is -5.15. The van der Waals surface area contributed by atoms with Crippen molar-refractivity contribution < 1.29 is 36.6 Å². The molecule has 1 aliphatic heterocycles. The fraction of sp³-hybridized carbons (Fsp3) is 0.611. The number of sulfonamides is 1. The van der Waals surface area contributed by atoms with Crippen molar-refractivity contribution in [2.24, 2.45) is 0 Å². The molecule has 170 valence electrons. The SMILES string of the molecule is CC1CN(S(=O)(=O)c2ccc(NCCO)cc2)C(C)CN1C(=O)C(C)(O)C(F)(F)F. The summed E-state index contributed by atoms with van der Waals surface area (Å²) >= 11 is 0. The van der Waals surface area contributed by atoms with E-state index in [2.05, 4.69) is 5.32 Å². The molecule has 12 heteroatoms. The van der Waals surface area contributed by atoms with Gasteiger partial charge in [-0.25, -0.2) is 8.42 Å². The fourth-order valence-electron chi connectivity index (χ4n) is 3.19. The van der Waals surface area contributed by atoms with Gasteiger partial charge in [-0.3, -0.25) is 4.79 Å². The van der Waals surface area contributed by atoms with E-state index < -0.39 is 39.8 Å². The predicted octanol–water partition coefficient (Wildman–Crippen LogP) is 1.01. The zero-order valence-electron chi connectivity index (χ0n) is 16.8. The zero-order chi connectivity index (χ0) is 22.9. The van der Waals surface area contributed by atoms with Crippen molar-refractivity contribution in [3.8, 4) is 0 Å². The summed E-state index contributed by atoms with van der Waals surface area (Å²) in [5.74, 6) is -1.51. The second-order valence-corrected chi connectivity index (χ2v) is 9.37. The molecule has 0 radical (unpaired) electrons. The van der Waals surface area contributed by atoms with Gasteiger partial charge in [0.25, 0.3) is 5.91 Å². The highest BCUT2D eigenvalue weighted by Crippen LogP contribution is 2.34. The average Bonchev–Trinajstić information content (AvgIpc) is 2.66. The summed E-state index contributed by atoms with van der Waals surface area (Å²) in [5.41, 5.74) is -2.94. The predicted molar refractivity (Wildman–Crippen MR) is 103 cm³/mol. The van der Waals surface area contributed by atoms with Gasteiger partial charge in [0.2, 0.25) is 15.6 Å². The highest BCUT2D eigenvalue weighted by Gasteiger charge is 2.58. The van der Waals surface area contributed by atoms with Crippen LogP contribution in [0.25, 0.3) is 0 Å². The van der Waals surface area contributed by atoms with Gasteiger partial charge in [0.05, 0.1) is 11.5 Å². The Morgan fingerprint density at radius 1 is 1.17 bits per heavy atom. The third-order valence-corrected chi connectivity index (χ3v) is 7.05. The molecule has 8 nitrogen and oxygen atoms in total. The maximum atomic E-state index is 13.0. The van der Waals surface area contributed by atoms with Crippen molar-refractivity contribution >= 4 is 21.6 Å². The summed E-state index contributed by atoms with van der Waals surface area (Å²) in [7, 11) is -3.96. The number of carbonyl (C=O) groups excluding carboxylic acids is 1. The van der Waals surface area contributed by atoms with E-state index in [4.69, 9.17) is 5.11 Å². The number of aliphatic hydroxyl groups excluding tert-OH is 1. The van der Waals surface area contributed by atoms with Crippen molar-refractivity contribution in [3.05, 3.63) is 24.3 Å². The molecule has 1 aromatic rings. The normalized spacial score (nSPS) is 23.1. The number of carbonyl (C=O) groups is 1. The monoisotopic (exact) mass is 453 g/mol. The van der Waals surface area contributed by atoms with E-state index >= 15 is 0 Å². The molecule has 1 aliphatic rings. The van der Waals surface area contributed by atoms with Crippen molar-refractivity contribution in [1.29, 1.82) is 0 Å². The van der Waals surface area contributed by atoms with Gasteiger partial charge in [0, 0.05) is 37.4 Å². The van der Waals surface area contributed by atoms with Crippen LogP contribution in [0.5, 0.6) is 0 Å². The van der Waals surface area contributed by atoms with Crippen LogP contribution in [0.2, 0.25) is 0 Å². The number of piperazine rings is 1. The number of benzene rings is 1. The van der Waals surface area contributed by atoms with Crippen molar-refractivity contribution in [1.82, 2.24) is 9.21 Å². The molecule has 3 N–H and O–H groups in total. The van der Waals surface area contributed by atoms with E-state index in [1.807, 2.05) is 0 Å². The first kappa shape index (κ1) is 24.4. The van der Waals surface area contributed by atoms with Crippen LogP contribution in [0.1, 0.15) is 20.8 Å². The number of anilines is 1. The van der Waals surface area contributed by atoms with Crippen molar-refractivity contribution in [3.63, 3.8) is 0 Å². The Labute approximate surface area is 173 Å². The van der Waals surface area contributed by atoms with Gasteiger partial charge < -0.3 is 20.4 Å². The molecule has 30 heavy (non-hydrogen) atoms. The number of rotatable bonds is 6. The molecule has 1 aromatic carbocycles. The van der Waals surface area contributed by atoms with E-state index in [0.29, 0.717) is 19.2 Å². The smallest absolute Gasteiger partial charge is 0.395 e. The van der Waals surface area contributed by atoms with E-state index in [-0.39, 0.29) is 24.6 Å². The summed E-state index contributed by atoms with van der Waals surface area (Å²) < 4.78 is 66.3. The number of nitrogens with zero attached hydrogens (tertiary/aromatic N) is 2. The Morgan fingerprint density at radius 2 is 1.73 bits per heavy atom. The number of hydrogen-bond acceptors (Lipinski definition) is 6. The van der Waals surface area contributed by atoms with Crippen LogP contribution >= 0.6 is 0 Å². The number of nitrogens with one attached hydrogen (secondary N) is 1. The van der Waals surface area contributed by atoms with Crippen LogP contribution < -0.4 is 5.32 Å². The molecule has 1 saturated heterocycles. The Bertz CT molecular complexity index is 859. The van der Waals surface area contributed by atoms with E-state index in [9.17, 15) is 31.5 Å². The highest BCUT2D eigenvalue weighted by molar-refractivity contribution is 7.89. The maximum absolute atomic E-state index is 13.0. The lowest BCUT2D eigenvalue weighted by molar-refractivity contribution is -0.251. The number of amides is 1. The topological polar surface area (TPSA) is 110 Å². The quantitative estimate of drug-likeness (QED) is 0.593. The molecule has 1 fully saturated rings. The minimum absolute atomic E-state index is 0.00170. The molecule has 3 unspecified atom stereocenters. The molecule has 1 heterocycles. The lowest BCUT2D eigenvalue weighted by Crippen LogP contribution is -2.65. The van der Waals surface area contributed by atoms with Gasteiger partial charge in [-0.05, 0) is 45.0 Å². The van der Waals surface area contributed by atoms with Gasteiger partial charge in [0.1, 0.15) is 0 Å². The molecule has 2 rings (SSSR count). The molecule has 0 bridgehead atoms. The summed E-state index contributed by atoms with van der Waals surface area (Å²) in [5, 5.41) is 21.4. The zero-order valence-corrected chi connectivity index (χ0v) is 17.7. The van der Waals surface area contributed by atoms with Crippen molar-refractivity contribution in [2.45, 2.75) is 49.5 Å². The van der Waals surface area contributed by atoms with E-state index in [1.54, 1.807) is 0 Å². The van der Waals surface area contributed by atoms with Crippen LogP contribution in [0.4, 0.5) is 18.9 Å². The molecule has 0 saturated carbocycles. The molecule has 1 amide bonds. The Hall–Kier alpha value is -1.89. The van der Waals surface area contributed by atoms with E-state index in [0.717, 1.165) is 9.21 Å². The first-order chi connectivity index (χ1) is 13.7. The van der Waals surface area contributed by atoms with Gasteiger partial charge in [-0.1, -0.05) is 0 Å². The van der Waals surface area contributed by atoms with Gasteiger partial charge in [-0.2, -0.15) is 17.5 Å². The maximum Gasteiger partial charge on any atom is 0.426 e. The number of alkyl halides is 3. The Balaban J connectivity index is 2.21. The lowest BCUT2D eigenvalue weighted by atomic mass is 10.0. The molecule has 0 aromatic heterocycles. The first-order valence-electron chi connectivity index (χ1n) is 9.30. The summed E-state index contributed by atoms with van der Waals surface area (Å²) in [6.45, 7) is 3.03. The second kappa shape index (κ2) is 8.69. The largest absolute Gasteiger partial charge is 0.426 e. The standard InChI is InChI=1S/C18H26F3N3O5S/c1-12-11-24(13(2)10-23(12)16(26)17(3,27)18(19,20)21)30(28,29)15-6-4-14(5-7-15)22-8-9-25/h4-7,12-13,22,25,27H,8-11H2,1-3H3. The van der Waals surface area contributed by atoms with Gasteiger partial charge >= 0.3 is 6.18 Å². The van der Waals surface area contributed by atoms with Crippen LogP contribution in [0.15, 0.2) is 29.2 Å². The Morgan fingerprint density at radius 3 is 2.23 bits per heavy atom. The lowest BCUT2D eigenvalue weighted by Gasteiger charge is -2.45. The van der Waals surface area contributed by atoms with Crippen LogP contribution in [0, 0.1) is 0 Å². The molecule has 0 aliphatic carbocycles. The van der Waals surface area contributed by atoms with E-state index in [1.165, 1.54) is 38.1 Å². The highest BCUT2D eigenvalue weighted by atomic mass is 32.2. The number of aliphatic hydroxyl groups is 2. The van der Waals surface area contributed by atoms with Crippen LogP contribution in [0.3, 0.4) is 0 Å². The third-order valence-electron chi connectivity index (χ3n) is 5.06. The minimum Gasteiger partial charge on any atom is -0.395 e. The van der Waals surface area contributed by atoms with Crippen molar-refractivity contribution in [2.75, 3.05) is 31.6 Å². The number of halogens is 3. The summed E-state index contributed by atoms with van der Waals surface area (Å²) in [6.07, 6.45) is -5.15. The Kier molecular flexibility index (Phi) is 7.06. The van der Waals surface area contributed by atoms with Gasteiger partial charge in [0.15, 0.2) is 0 Å². The summed E-state index contributed by atoms with van der Waals surface area (Å²) in [6, 6.07) is 4.18. The molecular formula is C18H26F3N3O5S. The number of hydrogen-bond donors (Lipinski definition) is 3. The third kappa shape index (κ3) is 4.71.